The maximum Gasteiger partial charge on any atom is 0.408 e. The highest BCUT2D eigenvalue weighted by molar-refractivity contribution is 5.68. The number of amides is 1. The number of nitrogens with zero attached hydrogens (tertiary/aromatic N) is 1. The molecule has 0 spiro atoms. The zero-order valence-corrected chi connectivity index (χ0v) is 15.2. The third-order valence-electron chi connectivity index (χ3n) is 4.10. The maximum absolute atomic E-state index is 13.3. The molecule has 1 aromatic heterocycles. The summed E-state index contributed by atoms with van der Waals surface area (Å²) in [6.45, 7) is 5.50. The molecule has 1 aromatic carbocycles. The van der Waals surface area contributed by atoms with Crippen molar-refractivity contribution in [2.75, 3.05) is 0 Å². The average molecular weight is 358 g/mol. The summed E-state index contributed by atoms with van der Waals surface area (Å²) in [5.41, 5.74) is 1.43. The highest BCUT2D eigenvalue weighted by atomic mass is 19.1. The zero-order valence-electron chi connectivity index (χ0n) is 15.2. The van der Waals surface area contributed by atoms with Crippen LogP contribution < -0.4 is 10.1 Å². The first-order valence-electron chi connectivity index (χ1n) is 8.68. The lowest BCUT2D eigenvalue weighted by molar-refractivity contribution is 0.0489. The quantitative estimate of drug-likeness (QED) is 0.808. The summed E-state index contributed by atoms with van der Waals surface area (Å²) >= 11 is 0. The minimum atomic E-state index is -0.573. The number of halogens is 1. The molecule has 0 radical (unpaired) electrons. The summed E-state index contributed by atoms with van der Waals surface area (Å²) in [5.74, 6) is -0.132. The molecule has 138 valence electrons. The Balaban J connectivity index is 1.77. The number of carbonyl (C=O) groups excluding carboxylic acids is 1. The van der Waals surface area contributed by atoms with Gasteiger partial charge in [0.1, 0.15) is 17.5 Å². The van der Waals surface area contributed by atoms with Crippen LogP contribution in [0.1, 0.15) is 56.9 Å². The van der Waals surface area contributed by atoms with Gasteiger partial charge in [0, 0.05) is 12.3 Å². The monoisotopic (exact) mass is 358 g/mol. The van der Waals surface area contributed by atoms with Gasteiger partial charge >= 0.3 is 6.09 Å². The Labute approximate surface area is 152 Å². The molecule has 6 heteroatoms. The number of pyridine rings is 1. The Morgan fingerprint density at radius 2 is 1.92 bits per heavy atom. The summed E-state index contributed by atoms with van der Waals surface area (Å²) in [6.07, 6.45) is 2.14. The topological polar surface area (TPSA) is 60.5 Å². The number of hydrogen-bond donors (Lipinski definition) is 1. The first-order valence-corrected chi connectivity index (χ1v) is 8.68. The zero-order chi connectivity index (χ0) is 18.7. The molecule has 2 unspecified atom stereocenters. The Morgan fingerprint density at radius 1 is 1.19 bits per heavy atom. The molecule has 3 rings (SSSR count). The van der Waals surface area contributed by atoms with Crippen molar-refractivity contribution >= 4 is 6.09 Å². The van der Waals surface area contributed by atoms with Gasteiger partial charge in [-0.05, 0) is 50.8 Å². The lowest BCUT2D eigenvalue weighted by atomic mass is 9.85. The predicted molar refractivity (Wildman–Crippen MR) is 95.4 cm³/mol. The molecule has 2 atom stereocenters. The predicted octanol–water partition coefficient (Wildman–Crippen LogP) is 4.70. The Kier molecular flexibility index (Phi) is 5.11. The molecule has 0 fully saturated rings. The molecule has 1 aliphatic rings. The van der Waals surface area contributed by atoms with Crippen LogP contribution >= 0.6 is 0 Å². The van der Waals surface area contributed by atoms with Crippen molar-refractivity contribution in [1.29, 1.82) is 0 Å². The van der Waals surface area contributed by atoms with E-state index in [1.54, 1.807) is 6.07 Å². The molecule has 2 aromatic rings. The minimum Gasteiger partial charge on any atom is -0.486 e. The first-order chi connectivity index (χ1) is 12.3. The van der Waals surface area contributed by atoms with E-state index in [1.807, 2.05) is 45.0 Å². The van der Waals surface area contributed by atoms with E-state index >= 15 is 0 Å². The Bertz CT molecular complexity index is 789. The molecule has 1 N–H and O–H groups in total. The number of ether oxygens (including phenoxy) is 2. The smallest absolute Gasteiger partial charge is 0.408 e. The van der Waals surface area contributed by atoms with E-state index in [1.165, 1.54) is 12.3 Å². The molecule has 1 heterocycles. The van der Waals surface area contributed by atoms with Crippen molar-refractivity contribution in [1.82, 2.24) is 10.3 Å². The highest BCUT2D eigenvalue weighted by Crippen LogP contribution is 2.38. The molecule has 1 aliphatic carbocycles. The van der Waals surface area contributed by atoms with Crippen LogP contribution in [0.2, 0.25) is 0 Å². The second-order valence-electron chi connectivity index (χ2n) is 7.33. The van der Waals surface area contributed by atoms with Gasteiger partial charge in [-0.1, -0.05) is 24.3 Å². The maximum atomic E-state index is 13.3. The van der Waals surface area contributed by atoms with Crippen LogP contribution in [-0.2, 0) is 4.74 Å². The molecule has 0 saturated carbocycles. The van der Waals surface area contributed by atoms with E-state index in [0.717, 1.165) is 11.1 Å². The van der Waals surface area contributed by atoms with Crippen molar-refractivity contribution in [3.05, 3.63) is 59.7 Å². The molecular weight excluding hydrogens is 335 g/mol. The molecular formula is C20H23FN2O3. The second-order valence-corrected chi connectivity index (χ2v) is 7.33. The fourth-order valence-electron chi connectivity index (χ4n) is 3.09. The molecule has 5 nitrogen and oxygen atoms in total. The number of alkyl carbamates (subject to hydrolysis) is 1. The SMILES string of the molecule is CC(C)(C)OC(=O)NC1CCC(Oc2ccnc(F)c2)c2ccccc21. The van der Waals surface area contributed by atoms with Gasteiger partial charge in [0.15, 0.2) is 0 Å². The van der Waals surface area contributed by atoms with Crippen molar-refractivity contribution < 1.29 is 18.7 Å². The van der Waals surface area contributed by atoms with E-state index in [-0.39, 0.29) is 12.1 Å². The molecule has 1 amide bonds. The van der Waals surface area contributed by atoms with E-state index in [4.69, 9.17) is 9.47 Å². The highest BCUT2D eigenvalue weighted by Gasteiger charge is 2.30. The summed E-state index contributed by atoms with van der Waals surface area (Å²) in [5, 5.41) is 2.94. The second kappa shape index (κ2) is 7.32. The third-order valence-corrected chi connectivity index (χ3v) is 4.10. The normalized spacial score (nSPS) is 19.4. The van der Waals surface area contributed by atoms with Crippen LogP contribution in [-0.4, -0.2) is 16.7 Å². The van der Waals surface area contributed by atoms with Gasteiger partial charge in [0.2, 0.25) is 5.95 Å². The largest absolute Gasteiger partial charge is 0.486 e. The summed E-state index contributed by atoms with van der Waals surface area (Å²) in [6, 6.07) is 10.6. The molecule has 0 saturated heterocycles. The van der Waals surface area contributed by atoms with Crippen LogP contribution in [0.25, 0.3) is 0 Å². The number of fused-ring (bicyclic) bond motifs is 1. The number of aromatic nitrogens is 1. The van der Waals surface area contributed by atoms with Gasteiger partial charge < -0.3 is 14.8 Å². The average Bonchev–Trinajstić information content (AvgIpc) is 2.55. The number of nitrogens with one attached hydrogen (secondary N) is 1. The van der Waals surface area contributed by atoms with Gasteiger partial charge in [-0.3, -0.25) is 0 Å². The van der Waals surface area contributed by atoms with Gasteiger partial charge in [-0.2, -0.15) is 4.39 Å². The van der Waals surface area contributed by atoms with Crippen molar-refractivity contribution in [2.24, 2.45) is 0 Å². The summed E-state index contributed by atoms with van der Waals surface area (Å²) in [4.78, 5) is 15.7. The van der Waals surface area contributed by atoms with E-state index in [0.29, 0.717) is 18.6 Å². The van der Waals surface area contributed by atoms with Crippen LogP contribution in [0.5, 0.6) is 5.75 Å². The van der Waals surface area contributed by atoms with E-state index in [9.17, 15) is 9.18 Å². The fourth-order valence-corrected chi connectivity index (χ4v) is 3.09. The van der Waals surface area contributed by atoms with Crippen LogP contribution in [0, 0.1) is 5.95 Å². The lowest BCUT2D eigenvalue weighted by Crippen LogP contribution is -2.37. The Morgan fingerprint density at radius 3 is 2.62 bits per heavy atom. The summed E-state index contributed by atoms with van der Waals surface area (Å²) in [7, 11) is 0. The number of carbonyl (C=O) groups is 1. The molecule has 26 heavy (non-hydrogen) atoms. The summed E-state index contributed by atoms with van der Waals surface area (Å²) < 4.78 is 24.6. The van der Waals surface area contributed by atoms with Gasteiger partial charge in [0.05, 0.1) is 6.04 Å². The van der Waals surface area contributed by atoms with Gasteiger partial charge in [-0.15, -0.1) is 0 Å². The van der Waals surface area contributed by atoms with Crippen LogP contribution in [0.4, 0.5) is 9.18 Å². The first kappa shape index (κ1) is 18.2. The van der Waals surface area contributed by atoms with Crippen molar-refractivity contribution in [3.63, 3.8) is 0 Å². The lowest BCUT2D eigenvalue weighted by Gasteiger charge is -2.32. The van der Waals surface area contributed by atoms with E-state index < -0.39 is 17.6 Å². The minimum absolute atomic E-state index is 0.143. The Hall–Kier alpha value is -2.63. The fraction of sp³-hybridized carbons (Fsp3) is 0.400. The van der Waals surface area contributed by atoms with Crippen LogP contribution in [0.3, 0.4) is 0 Å². The van der Waals surface area contributed by atoms with Crippen molar-refractivity contribution in [2.45, 2.75) is 51.4 Å². The number of rotatable bonds is 3. The third kappa shape index (κ3) is 4.50. The van der Waals surface area contributed by atoms with Crippen LogP contribution in [0.15, 0.2) is 42.6 Å². The number of hydrogen-bond acceptors (Lipinski definition) is 4. The van der Waals surface area contributed by atoms with Crippen molar-refractivity contribution in [3.8, 4) is 5.75 Å². The van der Waals surface area contributed by atoms with E-state index in [2.05, 4.69) is 10.3 Å². The molecule has 0 bridgehead atoms. The standard InChI is InChI=1S/C20H23FN2O3/c1-20(2,3)26-19(24)23-16-8-9-17(15-7-5-4-6-14(15)16)25-13-10-11-22-18(21)12-13/h4-7,10-12,16-17H,8-9H2,1-3H3,(H,23,24). The number of benzene rings is 1. The van der Waals surface area contributed by atoms with Gasteiger partial charge in [0.25, 0.3) is 0 Å². The van der Waals surface area contributed by atoms with Gasteiger partial charge in [-0.25, -0.2) is 9.78 Å². The molecule has 0 aliphatic heterocycles.